The van der Waals surface area contributed by atoms with E-state index < -0.39 is 0 Å². The second-order valence-corrected chi connectivity index (χ2v) is 8.92. The van der Waals surface area contributed by atoms with Crippen LogP contribution in [0.3, 0.4) is 0 Å². The largest absolute Gasteiger partial charge is 0.496 e. The Bertz CT molecular complexity index is 1170. The number of amides is 1. The van der Waals surface area contributed by atoms with E-state index in [9.17, 15) is 4.79 Å². The predicted molar refractivity (Wildman–Crippen MR) is 135 cm³/mol. The minimum Gasteiger partial charge on any atom is -0.496 e. The maximum absolute atomic E-state index is 13.5. The highest BCUT2D eigenvalue weighted by Crippen LogP contribution is 2.41. The topological polar surface area (TPSA) is 78.1 Å². The van der Waals surface area contributed by atoms with Gasteiger partial charge in [0, 0.05) is 23.1 Å². The van der Waals surface area contributed by atoms with Gasteiger partial charge < -0.3 is 29.6 Å². The molecule has 4 rings (SSSR count). The number of aryl methyl sites for hydroxylation is 1. The first-order valence-corrected chi connectivity index (χ1v) is 12.1. The van der Waals surface area contributed by atoms with Crippen molar-refractivity contribution in [2.45, 2.75) is 32.7 Å². The van der Waals surface area contributed by atoms with Crippen LogP contribution >= 0.6 is 11.3 Å². The van der Waals surface area contributed by atoms with E-state index in [1.165, 1.54) is 4.88 Å². The summed E-state index contributed by atoms with van der Waals surface area (Å²) in [5, 5.41) is 7.40. The molecule has 0 saturated carbocycles. The zero-order valence-corrected chi connectivity index (χ0v) is 20.8. The summed E-state index contributed by atoms with van der Waals surface area (Å²) in [6, 6.07) is 11.2. The Balaban J connectivity index is 1.61. The number of para-hydroxylation sites is 2. The van der Waals surface area contributed by atoms with Crippen LogP contribution in [0.15, 0.2) is 36.4 Å². The summed E-state index contributed by atoms with van der Waals surface area (Å²) in [4.78, 5) is 14.7. The van der Waals surface area contributed by atoms with Gasteiger partial charge in [0.1, 0.15) is 16.5 Å². The van der Waals surface area contributed by atoms with Crippen molar-refractivity contribution in [1.29, 1.82) is 0 Å². The molecule has 1 aliphatic carbocycles. The molecule has 1 heterocycles. The normalized spacial score (nSPS) is 12.1. The van der Waals surface area contributed by atoms with Crippen LogP contribution in [0.2, 0.25) is 0 Å². The summed E-state index contributed by atoms with van der Waals surface area (Å²) in [5.41, 5.74) is 3.42. The third kappa shape index (κ3) is 4.77. The molecular weight excluding hydrogens is 452 g/mol. The molecule has 0 atom stereocenters. The number of thiophene rings is 1. The Morgan fingerprint density at radius 2 is 1.71 bits per heavy atom. The lowest BCUT2D eigenvalue weighted by atomic mass is 10.1. The van der Waals surface area contributed by atoms with E-state index in [2.05, 4.69) is 10.6 Å². The second kappa shape index (κ2) is 10.7. The Hall–Kier alpha value is -3.39. The number of nitrogens with one attached hydrogen (secondary N) is 2. The van der Waals surface area contributed by atoms with E-state index in [4.69, 9.17) is 18.9 Å². The molecule has 3 aromatic rings. The molecule has 1 aromatic heterocycles. The number of hydrogen-bond donors (Lipinski definition) is 2. The summed E-state index contributed by atoms with van der Waals surface area (Å²) in [6.07, 6.45) is 2.97. The zero-order chi connectivity index (χ0) is 24.1. The molecule has 8 heteroatoms. The van der Waals surface area contributed by atoms with Gasteiger partial charge in [-0.2, -0.15) is 0 Å². The molecule has 0 unspecified atom stereocenters. The first-order chi connectivity index (χ1) is 16.6. The van der Waals surface area contributed by atoms with Crippen LogP contribution in [-0.2, 0) is 19.4 Å². The molecule has 2 aromatic carbocycles. The van der Waals surface area contributed by atoms with Crippen LogP contribution in [0.25, 0.3) is 0 Å². The predicted octanol–water partition coefficient (Wildman–Crippen LogP) is 5.53. The first kappa shape index (κ1) is 23.8. The average molecular weight is 483 g/mol. The Labute approximate surface area is 204 Å². The molecule has 1 amide bonds. The van der Waals surface area contributed by atoms with Crippen molar-refractivity contribution in [3.8, 4) is 23.0 Å². The number of carbonyl (C=O) groups is 1. The van der Waals surface area contributed by atoms with Gasteiger partial charge in [0.05, 0.1) is 39.2 Å². The summed E-state index contributed by atoms with van der Waals surface area (Å²) in [5.74, 6) is 2.44. The smallest absolute Gasteiger partial charge is 0.259 e. The van der Waals surface area contributed by atoms with Crippen LogP contribution in [0.4, 0.5) is 10.7 Å². The SMILES string of the molecule is CCOc1ccccc1NC(=O)c1c(NCc2cc(OC)c(OC)cc2OC)sc2c1CCC2. The van der Waals surface area contributed by atoms with Crippen molar-refractivity contribution >= 4 is 27.9 Å². The molecule has 180 valence electrons. The highest BCUT2D eigenvalue weighted by Gasteiger charge is 2.27. The van der Waals surface area contributed by atoms with E-state index in [1.807, 2.05) is 43.3 Å². The number of ether oxygens (including phenoxy) is 4. The first-order valence-electron chi connectivity index (χ1n) is 11.3. The fourth-order valence-electron chi connectivity index (χ4n) is 4.21. The monoisotopic (exact) mass is 482 g/mol. The third-order valence-corrected chi connectivity index (χ3v) is 7.06. The van der Waals surface area contributed by atoms with Crippen LogP contribution < -0.4 is 29.6 Å². The molecule has 7 nitrogen and oxygen atoms in total. The number of rotatable bonds is 10. The van der Waals surface area contributed by atoms with Gasteiger partial charge in [-0.25, -0.2) is 0 Å². The van der Waals surface area contributed by atoms with Gasteiger partial charge in [0.2, 0.25) is 0 Å². The summed E-state index contributed by atoms with van der Waals surface area (Å²) in [7, 11) is 4.82. The number of anilines is 2. The van der Waals surface area contributed by atoms with Gasteiger partial charge in [-0.15, -0.1) is 11.3 Å². The van der Waals surface area contributed by atoms with Crippen molar-refractivity contribution in [1.82, 2.24) is 0 Å². The molecule has 0 radical (unpaired) electrons. The summed E-state index contributed by atoms with van der Waals surface area (Å²) >= 11 is 1.65. The highest BCUT2D eigenvalue weighted by molar-refractivity contribution is 7.16. The lowest BCUT2D eigenvalue weighted by Crippen LogP contribution is -2.16. The van der Waals surface area contributed by atoms with Crippen molar-refractivity contribution in [2.24, 2.45) is 0 Å². The van der Waals surface area contributed by atoms with Crippen LogP contribution in [0.5, 0.6) is 23.0 Å². The fraction of sp³-hybridized carbons (Fsp3) is 0.346. The lowest BCUT2D eigenvalue weighted by molar-refractivity contribution is 0.102. The molecule has 0 spiro atoms. The molecular formula is C26H30N2O5S. The maximum atomic E-state index is 13.5. The zero-order valence-electron chi connectivity index (χ0n) is 19.9. The molecule has 1 aliphatic rings. The van der Waals surface area contributed by atoms with Gasteiger partial charge in [-0.3, -0.25) is 4.79 Å². The molecule has 34 heavy (non-hydrogen) atoms. The van der Waals surface area contributed by atoms with E-state index in [1.54, 1.807) is 32.7 Å². The second-order valence-electron chi connectivity index (χ2n) is 7.82. The molecule has 2 N–H and O–H groups in total. The third-order valence-electron chi connectivity index (χ3n) is 5.81. The van der Waals surface area contributed by atoms with E-state index in [0.29, 0.717) is 47.4 Å². The quantitative estimate of drug-likeness (QED) is 0.396. The van der Waals surface area contributed by atoms with Gasteiger partial charge in [-0.05, 0) is 49.9 Å². The average Bonchev–Trinajstić information content (AvgIpc) is 3.44. The van der Waals surface area contributed by atoms with Crippen molar-refractivity contribution < 1.29 is 23.7 Å². The van der Waals surface area contributed by atoms with Gasteiger partial charge in [-0.1, -0.05) is 12.1 Å². The van der Waals surface area contributed by atoms with Crippen LogP contribution in [0, 0.1) is 0 Å². The Morgan fingerprint density at radius 1 is 0.971 bits per heavy atom. The number of benzene rings is 2. The highest BCUT2D eigenvalue weighted by atomic mass is 32.1. The molecule has 0 bridgehead atoms. The summed E-state index contributed by atoms with van der Waals surface area (Å²) in [6.45, 7) is 2.92. The van der Waals surface area contributed by atoms with Crippen molar-refractivity contribution in [3.63, 3.8) is 0 Å². The lowest BCUT2D eigenvalue weighted by Gasteiger charge is -2.16. The minimum absolute atomic E-state index is 0.131. The van der Waals surface area contributed by atoms with E-state index in [-0.39, 0.29) is 5.91 Å². The standard InChI is InChI=1S/C26H30N2O5S/c1-5-33-19-11-7-6-10-18(19)28-25(29)24-17-9-8-12-23(17)34-26(24)27-15-16-13-21(31-3)22(32-4)14-20(16)30-2/h6-7,10-11,13-14,27H,5,8-9,12,15H2,1-4H3,(H,28,29). The molecule has 0 fully saturated rings. The maximum Gasteiger partial charge on any atom is 0.259 e. The van der Waals surface area contributed by atoms with Crippen molar-refractivity contribution in [2.75, 3.05) is 38.6 Å². The molecule has 0 aliphatic heterocycles. The Morgan fingerprint density at radius 3 is 2.44 bits per heavy atom. The summed E-state index contributed by atoms with van der Waals surface area (Å²) < 4.78 is 22.1. The van der Waals surface area contributed by atoms with Crippen molar-refractivity contribution in [3.05, 3.63) is 58.0 Å². The van der Waals surface area contributed by atoms with E-state index in [0.717, 1.165) is 35.4 Å². The van der Waals surface area contributed by atoms with Gasteiger partial charge in [0.25, 0.3) is 5.91 Å². The van der Waals surface area contributed by atoms with Gasteiger partial charge >= 0.3 is 0 Å². The van der Waals surface area contributed by atoms with E-state index >= 15 is 0 Å². The number of fused-ring (bicyclic) bond motifs is 1. The van der Waals surface area contributed by atoms with Gasteiger partial charge in [0.15, 0.2) is 11.5 Å². The molecule has 0 saturated heterocycles. The minimum atomic E-state index is -0.131. The van der Waals surface area contributed by atoms with Crippen LogP contribution in [0.1, 0.15) is 39.7 Å². The Kier molecular flexibility index (Phi) is 7.47. The number of hydrogen-bond acceptors (Lipinski definition) is 7. The number of methoxy groups -OCH3 is 3. The van der Waals surface area contributed by atoms with Crippen LogP contribution in [-0.4, -0.2) is 33.8 Å². The number of carbonyl (C=O) groups excluding carboxylic acids is 1. The fourth-order valence-corrected chi connectivity index (χ4v) is 5.49.